The van der Waals surface area contributed by atoms with Gasteiger partial charge in [-0.25, -0.2) is 0 Å². The van der Waals surface area contributed by atoms with Gasteiger partial charge in [0.25, 0.3) is 0 Å². The number of hydrogen-bond acceptors (Lipinski definition) is 3. The molecule has 0 aliphatic carbocycles. The van der Waals surface area contributed by atoms with Crippen molar-refractivity contribution in [2.45, 2.75) is 46.1 Å². The number of fused-ring (bicyclic) bond motifs is 1. The van der Waals surface area contributed by atoms with E-state index in [9.17, 15) is 5.11 Å². The molecule has 4 heteroatoms. The second kappa shape index (κ2) is 6.86. The lowest BCUT2D eigenvalue weighted by Crippen LogP contribution is -2.35. The summed E-state index contributed by atoms with van der Waals surface area (Å²) in [5.41, 5.74) is 4.58. The third kappa shape index (κ3) is 3.27. The molecule has 1 atom stereocenters. The summed E-state index contributed by atoms with van der Waals surface area (Å²) in [4.78, 5) is 4.32. The van der Waals surface area contributed by atoms with Crippen LogP contribution in [-0.4, -0.2) is 15.7 Å². The number of aromatic nitrogens is 1. The molecule has 1 unspecified atom stereocenters. The van der Waals surface area contributed by atoms with Gasteiger partial charge in [-0.2, -0.15) is 0 Å². The highest BCUT2D eigenvalue weighted by atomic mass is 35.5. The van der Waals surface area contributed by atoms with E-state index in [1.165, 1.54) is 0 Å². The number of aromatic hydroxyl groups is 1. The van der Waals surface area contributed by atoms with Crippen molar-refractivity contribution in [2.75, 3.05) is 0 Å². The Balaban J connectivity index is 0.00000208. The van der Waals surface area contributed by atoms with Gasteiger partial charge in [0.2, 0.25) is 0 Å². The monoisotopic (exact) mass is 345 g/mol. The minimum absolute atomic E-state index is 0. The van der Waals surface area contributed by atoms with Gasteiger partial charge in [-0.15, -0.1) is 12.4 Å². The molecule has 1 aromatic carbocycles. The Hall–Kier alpha value is -2.00. The van der Waals surface area contributed by atoms with Crippen LogP contribution in [0.25, 0.3) is 6.08 Å². The Bertz CT molecular complexity index is 771. The van der Waals surface area contributed by atoms with Crippen molar-refractivity contribution in [1.82, 2.24) is 4.98 Å². The van der Waals surface area contributed by atoms with Crippen molar-refractivity contribution >= 4 is 18.5 Å². The molecule has 2 aromatic rings. The van der Waals surface area contributed by atoms with Crippen LogP contribution in [0.1, 0.15) is 41.3 Å². The minimum atomic E-state index is -0.356. The maximum Gasteiger partial charge on any atom is 0.127 e. The van der Waals surface area contributed by atoms with Gasteiger partial charge in [0.15, 0.2) is 0 Å². The van der Waals surface area contributed by atoms with Gasteiger partial charge in [0.05, 0.1) is 5.69 Å². The van der Waals surface area contributed by atoms with Gasteiger partial charge in [-0.05, 0) is 81.5 Å². The summed E-state index contributed by atoms with van der Waals surface area (Å²) < 4.78 is 6.36. The molecule has 0 saturated heterocycles. The summed E-state index contributed by atoms with van der Waals surface area (Å²) in [5.74, 6) is 1.33. The number of halogens is 1. The molecule has 3 nitrogen and oxygen atoms in total. The van der Waals surface area contributed by atoms with E-state index in [2.05, 4.69) is 18.0 Å². The van der Waals surface area contributed by atoms with Crippen LogP contribution in [0.4, 0.5) is 0 Å². The Morgan fingerprint density at radius 2 is 1.92 bits per heavy atom. The molecule has 1 aromatic heterocycles. The largest absolute Gasteiger partial charge is 0.507 e. The summed E-state index contributed by atoms with van der Waals surface area (Å²) in [6, 6.07) is 5.87. The van der Waals surface area contributed by atoms with E-state index in [0.29, 0.717) is 5.75 Å². The predicted molar refractivity (Wildman–Crippen MR) is 100 cm³/mol. The Morgan fingerprint density at radius 3 is 2.58 bits per heavy atom. The zero-order valence-electron chi connectivity index (χ0n) is 14.6. The maximum atomic E-state index is 10.2. The standard InChI is InChI=1S/C20H23NO2.ClH/c1-13-14(2)19-17(15(3)18(13)22)9-11-20(4,23-19)10-8-16-7-5-6-12-21-16;/h5-8,10,12,22H,9,11H2,1-4H3;1H/b10-8-;. The lowest BCUT2D eigenvalue weighted by atomic mass is 9.87. The van der Waals surface area contributed by atoms with Gasteiger partial charge in [0.1, 0.15) is 17.1 Å². The van der Waals surface area contributed by atoms with Gasteiger partial charge in [-0.1, -0.05) is 6.07 Å². The quantitative estimate of drug-likeness (QED) is 0.839. The first kappa shape index (κ1) is 18.3. The van der Waals surface area contributed by atoms with E-state index in [1.54, 1.807) is 6.20 Å². The highest BCUT2D eigenvalue weighted by Gasteiger charge is 2.32. The van der Waals surface area contributed by atoms with Crippen LogP contribution in [0.3, 0.4) is 0 Å². The molecule has 0 spiro atoms. The summed E-state index contributed by atoms with van der Waals surface area (Å²) >= 11 is 0. The molecule has 1 aliphatic heterocycles. The van der Waals surface area contributed by atoms with Crippen LogP contribution in [0.15, 0.2) is 30.5 Å². The average Bonchev–Trinajstić information content (AvgIpc) is 2.57. The molecule has 128 valence electrons. The normalized spacial score (nSPS) is 19.5. The van der Waals surface area contributed by atoms with Crippen LogP contribution in [0.2, 0.25) is 0 Å². The topological polar surface area (TPSA) is 42.4 Å². The maximum absolute atomic E-state index is 10.2. The highest BCUT2D eigenvalue weighted by molar-refractivity contribution is 5.85. The summed E-state index contributed by atoms with van der Waals surface area (Å²) in [7, 11) is 0. The average molecular weight is 346 g/mol. The van der Waals surface area contributed by atoms with Gasteiger partial charge < -0.3 is 9.84 Å². The summed E-state index contributed by atoms with van der Waals surface area (Å²) in [5, 5.41) is 10.2. The van der Waals surface area contributed by atoms with Gasteiger partial charge in [-0.3, -0.25) is 4.98 Å². The molecule has 0 amide bonds. The fourth-order valence-electron chi connectivity index (χ4n) is 3.12. The van der Waals surface area contributed by atoms with E-state index < -0.39 is 0 Å². The van der Waals surface area contributed by atoms with Gasteiger partial charge in [0, 0.05) is 11.8 Å². The number of benzene rings is 1. The fraction of sp³-hybridized carbons (Fsp3) is 0.350. The van der Waals surface area contributed by atoms with Crippen molar-refractivity contribution in [2.24, 2.45) is 0 Å². The molecule has 0 fully saturated rings. The van der Waals surface area contributed by atoms with E-state index in [0.717, 1.165) is 46.5 Å². The first-order valence-electron chi connectivity index (χ1n) is 8.02. The molecule has 3 rings (SSSR count). The van der Waals surface area contributed by atoms with Crippen LogP contribution in [0.5, 0.6) is 11.5 Å². The second-order valence-electron chi connectivity index (χ2n) is 6.53. The Morgan fingerprint density at radius 1 is 1.17 bits per heavy atom. The van der Waals surface area contributed by atoms with E-state index in [1.807, 2.05) is 45.0 Å². The van der Waals surface area contributed by atoms with Crippen LogP contribution in [0, 0.1) is 20.8 Å². The summed E-state index contributed by atoms with van der Waals surface area (Å²) in [6.45, 7) is 8.03. The number of phenolic OH excluding ortho intramolecular Hbond substituents is 1. The molecule has 0 bridgehead atoms. The fourth-order valence-corrected chi connectivity index (χ4v) is 3.12. The van der Waals surface area contributed by atoms with E-state index in [4.69, 9.17) is 4.74 Å². The molecular formula is C20H24ClNO2. The predicted octanol–water partition coefficient (Wildman–Crippen LogP) is 4.93. The zero-order valence-corrected chi connectivity index (χ0v) is 15.4. The molecular weight excluding hydrogens is 322 g/mol. The van der Waals surface area contributed by atoms with Crippen molar-refractivity contribution in [3.63, 3.8) is 0 Å². The van der Waals surface area contributed by atoms with Crippen LogP contribution < -0.4 is 4.74 Å². The van der Waals surface area contributed by atoms with Crippen molar-refractivity contribution in [3.05, 3.63) is 58.4 Å². The molecule has 1 aliphatic rings. The SMILES string of the molecule is Cc1c(C)c2c(c(C)c1O)CCC(C)(/C=C\c1ccccn1)O2.Cl. The number of nitrogens with zero attached hydrogens (tertiary/aromatic N) is 1. The Kier molecular flexibility index (Phi) is 5.24. The first-order valence-corrected chi connectivity index (χ1v) is 8.02. The van der Waals surface area contributed by atoms with Crippen molar-refractivity contribution in [1.29, 1.82) is 0 Å². The number of rotatable bonds is 2. The zero-order chi connectivity index (χ0) is 16.6. The Labute approximate surface area is 149 Å². The lowest BCUT2D eigenvalue weighted by molar-refractivity contribution is 0.113. The lowest BCUT2D eigenvalue weighted by Gasteiger charge is -2.36. The van der Waals surface area contributed by atoms with E-state index in [-0.39, 0.29) is 18.0 Å². The molecule has 1 N–H and O–H groups in total. The second-order valence-corrected chi connectivity index (χ2v) is 6.53. The number of ether oxygens (including phenoxy) is 1. The molecule has 0 radical (unpaired) electrons. The number of pyridine rings is 1. The molecule has 2 heterocycles. The van der Waals surface area contributed by atoms with Gasteiger partial charge >= 0.3 is 0 Å². The van der Waals surface area contributed by atoms with Crippen LogP contribution >= 0.6 is 12.4 Å². The number of phenols is 1. The summed E-state index contributed by atoms with van der Waals surface area (Å²) in [6.07, 6.45) is 7.68. The smallest absolute Gasteiger partial charge is 0.127 e. The number of hydrogen-bond donors (Lipinski definition) is 1. The first-order chi connectivity index (χ1) is 10.9. The van der Waals surface area contributed by atoms with E-state index >= 15 is 0 Å². The van der Waals surface area contributed by atoms with Crippen molar-refractivity contribution in [3.8, 4) is 11.5 Å². The third-order valence-electron chi connectivity index (χ3n) is 4.84. The van der Waals surface area contributed by atoms with Crippen LogP contribution in [-0.2, 0) is 6.42 Å². The minimum Gasteiger partial charge on any atom is -0.507 e. The molecule has 24 heavy (non-hydrogen) atoms. The van der Waals surface area contributed by atoms with Crippen molar-refractivity contribution < 1.29 is 9.84 Å². The third-order valence-corrected chi connectivity index (χ3v) is 4.84. The molecule has 0 saturated carbocycles. The highest BCUT2D eigenvalue weighted by Crippen LogP contribution is 2.43.